The number of piperazine rings is 1. The number of hydrogen-bond acceptors (Lipinski definition) is 4. The van der Waals surface area contributed by atoms with E-state index in [0.29, 0.717) is 11.7 Å². The van der Waals surface area contributed by atoms with Gasteiger partial charge in [-0.2, -0.15) is 0 Å². The molecule has 1 aliphatic rings. The van der Waals surface area contributed by atoms with Gasteiger partial charge in [0, 0.05) is 30.6 Å². The third kappa shape index (κ3) is 2.03. The summed E-state index contributed by atoms with van der Waals surface area (Å²) in [5.74, 6) is 0.0529. The minimum absolute atomic E-state index is 0.0529. The number of carbonyl (C=O) groups excluding carboxylic acids is 1. The fraction of sp³-hybridized carbons (Fsp3) is 0.600. The highest BCUT2D eigenvalue weighted by atomic mass is 32.1. The number of hydrogen-bond donors (Lipinski definition) is 1. The largest absolute Gasteiger partial charge is 0.332 e. The quantitative estimate of drug-likeness (QED) is 0.774. The molecule has 1 aromatic heterocycles. The van der Waals surface area contributed by atoms with Gasteiger partial charge >= 0.3 is 0 Å². The van der Waals surface area contributed by atoms with Crippen LogP contribution in [-0.2, 0) is 0 Å². The SMILES string of the molecule is CC1NCCN(C(=O)c2cscn2)C1C. The molecule has 1 aliphatic heterocycles. The summed E-state index contributed by atoms with van der Waals surface area (Å²) in [6.45, 7) is 5.80. The Balaban J connectivity index is 2.13. The topological polar surface area (TPSA) is 45.2 Å². The second-order valence-electron chi connectivity index (χ2n) is 3.86. The van der Waals surface area contributed by atoms with Crippen LogP contribution in [-0.4, -0.2) is 41.0 Å². The van der Waals surface area contributed by atoms with Crippen molar-refractivity contribution >= 4 is 17.2 Å². The Morgan fingerprint density at radius 3 is 3.13 bits per heavy atom. The van der Waals surface area contributed by atoms with Crippen molar-refractivity contribution in [1.29, 1.82) is 0 Å². The molecule has 2 unspecified atom stereocenters. The molecular weight excluding hydrogens is 210 g/mol. The first-order valence-electron chi connectivity index (χ1n) is 5.12. The number of rotatable bonds is 1. The molecule has 15 heavy (non-hydrogen) atoms. The summed E-state index contributed by atoms with van der Waals surface area (Å²) >= 11 is 1.46. The zero-order valence-electron chi connectivity index (χ0n) is 8.93. The van der Waals surface area contributed by atoms with Crippen LogP contribution in [0.25, 0.3) is 0 Å². The molecule has 0 aliphatic carbocycles. The summed E-state index contributed by atoms with van der Waals surface area (Å²) < 4.78 is 0. The molecule has 2 rings (SSSR count). The molecule has 1 amide bonds. The molecule has 0 spiro atoms. The maximum Gasteiger partial charge on any atom is 0.273 e. The Morgan fingerprint density at radius 1 is 1.67 bits per heavy atom. The Kier molecular flexibility index (Phi) is 3.02. The van der Waals surface area contributed by atoms with Gasteiger partial charge in [0.15, 0.2) is 0 Å². The fourth-order valence-electron chi connectivity index (χ4n) is 1.81. The van der Waals surface area contributed by atoms with Crippen LogP contribution >= 0.6 is 11.3 Å². The van der Waals surface area contributed by atoms with Crippen molar-refractivity contribution in [2.45, 2.75) is 25.9 Å². The number of nitrogens with zero attached hydrogens (tertiary/aromatic N) is 2. The lowest BCUT2D eigenvalue weighted by atomic mass is 10.1. The third-order valence-corrected chi connectivity index (χ3v) is 3.53. The van der Waals surface area contributed by atoms with Crippen molar-refractivity contribution in [3.8, 4) is 0 Å². The Hall–Kier alpha value is -0.940. The van der Waals surface area contributed by atoms with Gasteiger partial charge in [0.2, 0.25) is 0 Å². The number of aromatic nitrogens is 1. The van der Waals surface area contributed by atoms with Crippen LogP contribution in [0.3, 0.4) is 0 Å². The molecular formula is C10H15N3OS. The smallest absolute Gasteiger partial charge is 0.273 e. The van der Waals surface area contributed by atoms with Crippen LogP contribution in [0, 0.1) is 0 Å². The van der Waals surface area contributed by atoms with E-state index in [-0.39, 0.29) is 11.9 Å². The molecule has 4 nitrogen and oxygen atoms in total. The molecule has 1 fully saturated rings. The van der Waals surface area contributed by atoms with E-state index in [0.717, 1.165) is 13.1 Å². The summed E-state index contributed by atoms with van der Waals surface area (Å²) in [7, 11) is 0. The van der Waals surface area contributed by atoms with E-state index in [2.05, 4.69) is 24.1 Å². The van der Waals surface area contributed by atoms with E-state index in [1.165, 1.54) is 11.3 Å². The van der Waals surface area contributed by atoms with Crippen molar-refractivity contribution in [3.63, 3.8) is 0 Å². The monoisotopic (exact) mass is 225 g/mol. The second kappa shape index (κ2) is 4.28. The summed E-state index contributed by atoms with van der Waals surface area (Å²) in [6.07, 6.45) is 0. The van der Waals surface area contributed by atoms with Crippen LogP contribution in [0.15, 0.2) is 10.9 Å². The van der Waals surface area contributed by atoms with E-state index >= 15 is 0 Å². The molecule has 2 heterocycles. The number of carbonyl (C=O) groups is 1. The molecule has 1 N–H and O–H groups in total. The molecule has 1 saturated heterocycles. The molecule has 82 valence electrons. The zero-order chi connectivity index (χ0) is 10.8. The maximum atomic E-state index is 12.1. The minimum atomic E-state index is 0.0529. The van der Waals surface area contributed by atoms with Crippen molar-refractivity contribution in [2.75, 3.05) is 13.1 Å². The summed E-state index contributed by atoms with van der Waals surface area (Å²) in [6, 6.07) is 0.578. The first kappa shape index (κ1) is 10.6. The van der Waals surface area contributed by atoms with Crippen molar-refractivity contribution < 1.29 is 4.79 Å². The molecule has 2 atom stereocenters. The van der Waals surface area contributed by atoms with Crippen LogP contribution in [0.4, 0.5) is 0 Å². The Labute approximate surface area is 93.3 Å². The normalized spacial score (nSPS) is 26.7. The van der Waals surface area contributed by atoms with Gasteiger partial charge in [-0.25, -0.2) is 4.98 Å². The van der Waals surface area contributed by atoms with Gasteiger partial charge < -0.3 is 10.2 Å². The van der Waals surface area contributed by atoms with E-state index in [9.17, 15) is 4.79 Å². The highest BCUT2D eigenvalue weighted by Gasteiger charge is 2.29. The van der Waals surface area contributed by atoms with E-state index < -0.39 is 0 Å². The Bertz CT molecular complexity index is 338. The van der Waals surface area contributed by atoms with Crippen LogP contribution in [0.2, 0.25) is 0 Å². The van der Waals surface area contributed by atoms with Gasteiger partial charge in [-0.3, -0.25) is 4.79 Å². The summed E-state index contributed by atoms with van der Waals surface area (Å²) in [5.41, 5.74) is 2.27. The maximum absolute atomic E-state index is 12.1. The molecule has 0 aromatic carbocycles. The number of thiazole rings is 1. The summed E-state index contributed by atoms with van der Waals surface area (Å²) in [5, 5.41) is 5.16. The van der Waals surface area contributed by atoms with Gasteiger partial charge in [0.25, 0.3) is 5.91 Å². The van der Waals surface area contributed by atoms with E-state index in [4.69, 9.17) is 0 Å². The molecule has 0 bridgehead atoms. The standard InChI is InChI=1S/C10H15N3OS/c1-7-8(2)13(4-3-11-7)10(14)9-5-15-6-12-9/h5-8,11H,3-4H2,1-2H3. The van der Waals surface area contributed by atoms with Crippen LogP contribution < -0.4 is 5.32 Å². The zero-order valence-corrected chi connectivity index (χ0v) is 9.75. The lowest BCUT2D eigenvalue weighted by Crippen LogP contribution is -2.57. The van der Waals surface area contributed by atoms with Crippen LogP contribution in [0.5, 0.6) is 0 Å². The van der Waals surface area contributed by atoms with Gasteiger partial charge in [0.05, 0.1) is 5.51 Å². The van der Waals surface area contributed by atoms with E-state index in [1.54, 1.807) is 5.51 Å². The number of amides is 1. The molecule has 0 radical (unpaired) electrons. The average Bonchev–Trinajstić information content (AvgIpc) is 2.74. The highest BCUT2D eigenvalue weighted by Crippen LogP contribution is 2.13. The van der Waals surface area contributed by atoms with Crippen molar-refractivity contribution in [3.05, 3.63) is 16.6 Å². The minimum Gasteiger partial charge on any atom is -0.332 e. The second-order valence-corrected chi connectivity index (χ2v) is 4.57. The Morgan fingerprint density at radius 2 is 2.47 bits per heavy atom. The lowest BCUT2D eigenvalue weighted by Gasteiger charge is -2.38. The van der Waals surface area contributed by atoms with Gasteiger partial charge in [0.1, 0.15) is 5.69 Å². The average molecular weight is 225 g/mol. The van der Waals surface area contributed by atoms with Crippen molar-refractivity contribution in [1.82, 2.24) is 15.2 Å². The first-order valence-corrected chi connectivity index (χ1v) is 6.07. The lowest BCUT2D eigenvalue weighted by molar-refractivity contribution is 0.0598. The molecule has 5 heteroatoms. The highest BCUT2D eigenvalue weighted by molar-refractivity contribution is 7.07. The van der Waals surface area contributed by atoms with E-state index in [1.807, 2.05) is 10.3 Å². The fourth-order valence-corrected chi connectivity index (χ4v) is 2.33. The molecule has 1 aromatic rings. The first-order chi connectivity index (χ1) is 7.20. The molecule has 0 saturated carbocycles. The van der Waals surface area contributed by atoms with Crippen LogP contribution in [0.1, 0.15) is 24.3 Å². The van der Waals surface area contributed by atoms with Crippen molar-refractivity contribution in [2.24, 2.45) is 0 Å². The van der Waals surface area contributed by atoms with Gasteiger partial charge in [-0.1, -0.05) is 0 Å². The number of nitrogens with one attached hydrogen (secondary N) is 1. The predicted octanol–water partition coefficient (Wildman–Crippen LogP) is 0.965. The third-order valence-electron chi connectivity index (χ3n) is 2.95. The van der Waals surface area contributed by atoms with Gasteiger partial charge in [-0.15, -0.1) is 11.3 Å². The van der Waals surface area contributed by atoms with Gasteiger partial charge in [-0.05, 0) is 13.8 Å². The summed E-state index contributed by atoms with van der Waals surface area (Å²) in [4.78, 5) is 18.0. The predicted molar refractivity (Wildman–Crippen MR) is 60.1 cm³/mol.